The van der Waals surface area contributed by atoms with Gasteiger partial charge in [0, 0.05) is 18.2 Å². The number of benzene rings is 1. The lowest BCUT2D eigenvalue weighted by Gasteiger charge is -2.36. The Bertz CT molecular complexity index is 975. The molecule has 1 aromatic carbocycles. The van der Waals surface area contributed by atoms with E-state index in [4.69, 9.17) is 11.2 Å². The fraction of sp³-hybridized carbons (Fsp3) is 0.645. The summed E-state index contributed by atoms with van der Waals surface area (Å²) >= 11 is 0. The highest BCUT2D eigenvalue weighted by molar-refractivity contribution is 5.92. The Kier molecular flexibility index (Phi) is 13.3. The average molecular weight is 542 g/mol. The zero-order valence-corrected chi connectivity index (χ0v) is 24.1. The van der Waals surface area contributed by atoms with Crippen molar-refractivity contribution in [1.82, 2.24) is 15.5 Å². The molecule has 0 aliphatic heterocycles. The Hall–Kier alpha value is -3.05. The number of ether oxygens (including phenoxy) is 1. The Morgan fingerprint density at radius 3 is 2.38 bits per heavy atom. The molecular formula is C31H47N3O5. The summed E-state index contributed by atoms with van der Waals surface area (Å²) in [5.74, 6) is 1.79. The van der Waals surface area contributed by atoms with E-state index in [9.17, 15) is 19.5 Å². The number of hydrogen-bond donors (Lipinski definition) is 3. The van der Waals surface area contributed by atoms with Crippen LogP contribution in [0.3, 0.4) is 0 Å². The fourth-order valence-corrected chi connectivity index (χ4v) is 4.93. The predicted octanol–water partition coefficient (Wildman–Crippen LogP) is 4.84. The van der Waals surface area contributed by atoms with E-state index in [1.54, 1.807) is 45.0 Å². The minimum absolute atomic E-state index is 0.0294. The number of amides is 3. The molecule has 1 aromatic rings. The number of nitrogens with one attached hydrogen (secondary N) is 2. The smallest absolute Gasteiger partial charge is 0.408 e. The summed E-state index contributed by atoms with van der Waals surface area (Å²) in [6, 6.07) is 4.86. The summed E-state index contributed by atoms with van der Waals surface area (Å²) < 4.78 is 5.32. The first kappa shape index (κ1) is 32.2. The number of hydrogen-bond acceptors (Lipinski definition) is 5. The lowest BCUT2D eigenvalue weighted by Crippen LogP contribution is -2.55. The molecular weight excluding hydrogens is 494 g/mol. The standard InChI is InChI=1S/C31H47N3O5/c1-6-8-9-10-16-21-34(29(37)26(22-35)33-30(38)39-31(3,4)5)27(25-20-15-14-17-23(25)7-2)28(36)32-24-18-12-11-13-19-24/h2,14-15,17,20,24,26-27,35H,6,8-13,16,18-19,21-22H2,1,3-5H3,(H,32,36)(H,33,38). The number of aliphatic hydroxyl groups excluding tert-OH is 1. The van der Waals surface area contributed by atoms with Crippen molar-refractivity contribution in [3.8, 4) is 12.3 Å². The van der Waals surface area contributed by atoms with Crippen LogP contribution >= 0.6 is 0 Å². The van der Waals surface area contributed by atoms with E-state index < -0.39 is 36.3 Å². The van der Waals surface area contributed by atoms with Gasteiger partial charge in [-0.3, -0.25) is 9.59 Å². The molecule has 0 saturated heterocycles. The van der Waals surface area contributed by atoms with E-state index in [0.29, 0.717) is 17.5 Å². The van der Waals surface area contributed by atoms with Gasteiger partial charge in [-0.2, -0.15) is 0 Å². The number of rotatable bonds is 13. The molecule has 0 aromatic heterocycles. The van der Waals surface area contributed by atoms with E-state index in [1.807, 2.05) is 0 Å². The van der Waals surface area contributed by atoms with Gasteiger partial charge in [0.05, 0.1) is 6.61 Å². The van der Waals surface area contributed by atoms with Gasteiger partial charge < -0.3 is 25.4 Å². The third-order valence-electron chi connectivity index (χ3n) is 6.88. The van der Waals surface area contributed by atoms with Crippen LogP contribution in [0.5, 0.6) is 0 Å². The number of carbonyl (C=O) groups is 3. The van der Waals surface area contributed by atoms with Gasteiger partial charge >= 0.3 is 6.09 Å². The van der Waals surface area contributed by atoms with Gasteiger partial charge in [-0.25, -0.2) is 4.79 Å². The van der Waals surface area contributed by atoms with Gasteiger partial charge in [0.15, 0.2) is 0 Å². The molecule has 216 valence electrons. The van der Waals surface area contributed by atoms with Crippen LogP contribution in [0.1, 0.15) is 109 Å². The van der Waals surface area contributed by atoms with Crippen LogP contribution in [0.25, 0.3) is 0 Å². The van der Waals surface area contributed by atoms with Crippen molar-refractivity contribution in [2.45, 2.75) is 116 Å². The minimum Gasteiger partial charge on any atom is -0.444 e. The number of aliphatic hydroxyl groups is 1. The number of terminal acetylenes is 1. The zero-order chi connectivity index (χ0) is 28.8. The van der Waals surface area contributed by atoms with Crippen LogP contribution in [0.4, 0.5) is 4.79 Å². The van der Waals surface area contributed by atoms with Gasteiger partial charge in [0.2, 0.25) is 11.8 Å². The van der Waals surface area contributed by atoms with Crippen molar-refractivity contribution in [3.05, 3.63) is 35.4 Å². The van der Waals surface area contributed by atoms with Crippen LogP contribution in [0.15, 0.2) is 24.3 Å². The molecule has 3 N–H and O–H groups in total. The maximum Gasteiger partial charge on any atom is 0.408 e. The molecule has 1 aliphatic carbocycles. The highest BCUT2D eigenvalue weighted by Crippen LogP contribution is 2.28. The van der Waals surface area contributed by atoms with E-state index in [2.05, 4.69) is 23.5 Å². The lowest BCUT2D eigenvalue weighted by atomic mass is 9.93. The van der Waals surface area contributed by atoms with Crippen molar-refractivity contribution >= 4 is 17.9 Å². The molecule has 0 radical (unpaired) electrons. The second-order valence-corrected chi connectivity index (χ2v) is 11.3. The Morgan fingerprint density at radius 1 is 1.10 bits per heavy atom. The molecule has 1 fully saturated rings. The van der Waals surface area contributed by atoms with Gasteiger partial charge in [-0.15, -0.1) is 6.42 Å². The number of unbranched alkanes of at least 4 members (excludes halogenated alkanes) is 4. The summed E-state index contributed by atoms with van der Waals surface area (Å²) in [5, 5.41) is 15.8. The molecule has 1 saturated carbocycles. The van der Waals surface area contributed by atoms with Crippen LogP contribution < -0.4 is 10.6 Å². The monoisotopic (exact) mass is 541 g/mol. The molecule has 3 amide bonds. The molecule has 2 unspecified atom stereocenters. The normalized spacial score (nSPS) is 15.5. The largest absolute Gasteiger partial charge is 0.444 e. The number of carbonyl (C=O) groups excluding carboxylic acids is 3. The Labute approximate surface area is 234 Å². The van der Waals surface area contributed by atoms with Gasteiger partial charge in [-0.1, -0.05) is 76.0 Å². The van der Waals surface area contributed by atoms with Crippen molar-refractivity contribution in [3.63, 3.8) is 0 Å². The first-order valence-electron chi connectivity index (χ1n) is 14.4. The van der Waals surface area contributed by atoms with Gasteiger partial charge in [0.1, 0.15) is 17.7 Å². The highest BCUT2D eigenvalue weighted by Gasteiger charge is 2.37. The zero-order valence-electron chi connectivity index (χ0n) is 24.1. The summed E-state index contributed by atoms with van der Waals surface area (Å²) in [7, 11) is 0. The molecule has 8 heteroatoms. The highest BCUT2D eigenvalue weighted by atomic mass is 16.6. The number of nitrogens with zero attached hydrogens (tertiary/aromatic N) is 1. The second-order valence-electron chi connectivity index (χ2n) is 11.3. The third kappa shape index (κ3) is 10.6. The summed E-state index contributed by atoms with van der Waals surface area (Å²) in [6.45, 7) is 6.91. The third-order valence-corrected chi connectivity index (χ3v) is 6.88. The molecule has 2 atom stereocenters. The minimum atomic E-state index is -1.28. The van der Waals surface area contributed by atoms with Crippen molar-refractivity contribution in [1.29, 1.82) is 0 Å². The molecule has 1 aliphatic rings. The maximum absolute atomic E-state index is 14.0. The molecule has 2 rings (SSSR count). The van der Waals surface area contributed by atoms with Crippen molar-refractivity contribution in [2.75, 3.05) is 13.2 Å². The summed E-state index contributed by atoms with van der Waals surface area (Å²) in [4.78, 5) is 41.9. The second kappa shape index (κ2) is 16.1. The summed E-state index contributed by atoms with van der Waals surface area (Å²) in [6.07, 6.45) is 14.7. The molecule has 8 nitrogen and oxygen atoms in total. The van der Waals surface area contributed by atoms with Crippen LogP contribution in [0.2, 0.25) is 0 Å². The van der Waals surface area contributed by atoms with Crippen molar-refractivity contribution in [2.24, 2.45) is 0 Å². The Balaban J connectivity index is 2.44. The van der Waals surface area contributed by atoms with Crippen LogP contribution in [-0.2, 0) is 14.3 Å². The van der Waals surface area contributed by atoms with E-state index in [0.717, 1.165) is 57.8 Å². The molecule has 0 bridgehead atoms. The van der Waals surface area contributed by atoms with E-state index in [1.165, 1.54) is 4.90 Å². The lowest BCUT2D eigenvalue weighted by molar-refractivity contribution is -0.143. The van der Waals surface area contributed by atoms with E-state index in [-0.39, 0.29) is 18.5 Å². The summed E-state index contributed by atoms with van der Waals surface area (Å²) in [5.41, 5.74) is 0.287. The SMILES string of the molecule is C#Cc1ccccc1C(C(=O)NC1CCCCC1)N(CCCCCCC)C(=O)C(CO)NC(=O)OC(C)(C)C. The van der Waals surface area contributed by atoms with Crippen LogP contribution in [-0.4, -0.2) is 58.8 Å². The van der Waals surface area contributed by atoms with Crippen LogP contribution in [0, 0.1) is 12.3 Å². The van der Waals surface area contributed by atoms with Crippen molar-refractivity contribution < 1.29 is 24.2 Å². The average Bonchev–Trinajstić information content (AvgIpc) is 2.90. The quantitative estimate of drug-likeness (QED) is 0.245. The predicted molar refractivity (Wildman–Crippen MR) is 153 cm³/mol. The molecule has 0 heterocycles. The first-order chi connectivity index (χ1) is 18.6. The maximum atomic E-state index is 14.0. The Morgan fingerprint density at radius 2 is 1.77 bits per heavy atom. The number of alkyl carbamates (subject to hydrolysis) is 1. The molecule has 39 heavy (non-hydrogen) atoms. The fourth-order valence-electron chi connectivity index (χ4n) is 4.93. The topological polar surface area (TPSA) is 108 Å². The van der Waals surface area contributed by atoms with Gasteiger partial charge in [0.25, 0.3) is 0 Å². The molecule has 0 spiro atoms. The van der Waals surface area contributed by atoms with Gasteiger partial charge in [-0.05, 0) is 51.7 Å². The first-order valence-corrected chi connectivity index (χ1v) is 14.4. The van der Waals surface area contributed by atoms with E-state index >= 15 is 0 Å².